The first-order chi connectivity index (χ1) is 15.5. The first-order valence-corrected chi connectivity index (χ1v) is 9.47. The molecule has 2 aromatic carbocycles. The van der Waals surface area contributed by atoms with Gasteiger partial charge in [-0.15, -0.1) is 0 Å². The molecule has 0 radical (unpaired) electrons. The number of ketones is 1. The smallest absolute Gasteiger partial charge is 0.331 e. The zero-order chi connectivity index (χ0) is 22.9. The van der Waals surface area contributed by atoms with E-state index in [1.54, 1.807) is 36.5 Å². The van der Waals surface area contributed by atoms with E-state index in [2.05, 4.69) is 4.98 Å². The van der Waals surface area contributed by atoms with E-state index in [0.29, 0.717) is 22.8 Å². The number of rotatable bonds is 9. The predicted octanol–water partition coefficient (Wildman–Crippen LogP) is 4.47. The van der Waals surface area contributed by atoms with Crippen LogP contribution in [-0.2, 0) is 9.53 Å². The lowest BCUT2D eigenvalue weighted by Crippen LogP contribution is -2.13. The van der Waals surface area contributed by atoms with Crippen LogP contribution in [0.25, 0.3) is 6.08 Å². The molecule has 0 spiro atoms. The number of carbonyl (C=O) groups excluding carboxylic acids is 2. The van der Waals surface area contributed by atoms with Crippen molar-refractivity contribution >= 4 is 17.8 Å². The Morgan fingerprint density at radius 2 is 1.84 bits per heavy atom. The highest BCUT2D eigenvalue weighted by molar-refractivity contribution is 6.01. The molecule has 0 saturated heterocycles. The fraction of sp³-hybridized carbons (Fsp3) is 0.125. The lowest BCUT2D eigenvalue weighted by atomic mass is 10.1. The van der Waals surface area contributed by atoms with Crippen LogP contribution in [0.3, 0.4) is 0 Å². The molecule has 0 aliphatic heterocycles. The molecule has 32 heavy (non-hydrogen) atoms. The second kappa shape index (κ2) is 10.7. The number of carbonyl (C=O) groups is 2. The molecule has 0 saturated carbocycles. The first kappa shape index (κ1) is 22.5. The monoisotopic (exact) mass is 437 g/mol. The summed E-state index contributed by atoms with van der Waals surface area (Å²) in [5.41, 5.74) is 0.678. The van der Waals surface area contributed by atoms with Gasteiger partial charge in [-0.1, -0.05) is 6.07 Å². The maximum atomic E-state index is 14.3. The van der Waals surface area contributed by atoms with Gasteiger partial charge in [-0.25, -0.2) is 9.18 Å². The van der Waals surface area contributed by atoms with Gasteiger partial charge in [-0.3, -0.25) is 9.78 Å². The van der Waals surface area contributed by atoms with E-state index in [0.717, 1.165) is 6.08 Å². The second-order valence-corrected chi connectivity index (χ2v) is 6.41. The van der Waals surface area contributed by atoms with Gasteiger partial charge < -0.3 is 18.9 Å². The molecule has 7 nitrogen and oxygen atoms in total. The van der Waals surface area contributed by atoms with Crippen LogP contribution in [0.2, 0.25) is 0 Å². The molecule has 3 aromatic rings. The summed E-state index contributed by atoms with van der Waals surface area (Å²) >= 11 is 0. The van der Waals surface area contributed by atoms with Crippen LogP contribution in [0.15, 0.2) is 67.0 Å². The lowest BCUT2D eigenvalue weighted by molar-refractivity contribution is -0.136. The third-order valence-corrected chi connectivity index (χ3v) is 4.28. The Morgan fingerprint density at radius 1 is 1.00 bits per heavy atom. The highest BCUT2D eigenvalue weighted by Gasteiger charge is 2.15. The highest BCUT2D eigenvalue weighted by Crippen LogP contribution is 2.26. The Balaban J connectivity index is 1.57. The van der Waals surface area contributed by atoms with Gasteiger partial charge in [0.2, 0.25) is 5.78 Å². The van der Waals surface area contributed by atoms with Crippen LogP contribution in [0.5, 0.6) is 23.0 Å². The van der Waals surface area contributed by atoms with Crippen LogP contribution >= 0.6 is 0 Å². The largest absolute Gasteiger partial charge is 0.497 e. The number of nitrogens with zero attached hydrogens (tertiary/aromatic N) is 1. The van der Waals surface area contributed by atoms with Crippen LogP contribution < -0.4 is 14.2 Å². The number of pyridine rings is 1. The van der Waals surface area contributed by atoms with Gasteiger partial charge in [0.1, 0.15) is 17.2 Å². The molecule has 1 heterocycles. The van der Waals surface area contributed by atoms with E-state index in [9.17, 15) is 14.0 Å². The SMILES string of the molecule is COc1ccc(C(=O)COC(=O)/C=C/c2ccc(Oc3cccnc3)c(F)c2)c(OC)c1. The zero-order valence-corrected chi connectivity index (χ0v) is 17.4. The summed E-state index contributed by atoms with van der Waals surface area (Å²) < 4.78 is 34.9. The highest BCUT2D eigenvalue weighted by atomic mass is 19.1. The minimum Gasteiger partial charge on any atom is -0.497 e. The summed E-state index contributed by atoms with van der Waals surface area (Å²) in [4.78, 5) is 28.2. The molecule has 3 rings (SSSR count). The minimum absolute atomic E-state index is 0.0248. The van der Waals surface area contributed by atoms with Crippen molar-refractivity contribution in [2.45, 2.75) is 0 Å². The van der Waals surface area contributed by atoms with Crippen molar-refractivity contribution in [3.63, 3.8) is 0 Å². The minimum atomic E-state index is -0.748. The molecule has 0 atom stereocenters. The van der Waals surface area contributed by atoms with Crippen molar-refractivity contribution < 1.29 is 32.9 Å². The van der Waals surface area contributed by atoms with Crippen molar-refractivity contribution in [1.29, 1.82) is 0 Å². The van der Waals surface area contributed by atoms with E-state index >= 15 is 0 Å². The Kier molecular flexibility index (Phi) is 7.53. The van der Waals surface area contributed by atoms with Gasteiger partial charge in [0.25, 0.3) is 0 Å². The second-order valence-electron chi connectivity index (χ2n) is 6.41. The van der Waals surface area contributed by atoms with Crippen LogP contribution in [-0.4, -0.2) is 37.6 Å². The van der Waals surface area contributed by atoms with Gasteiger partial charge in [0.05, 0.1) is 26.0 Å². The number of esters is 1. The van der Waals surface area contributed by atoms with Crippen LogP contribution in [0, 0.1) is 5.82 Å². The molecule has 0 N–H and O–H groups in total. The predicted molar refractivity (Wildman–Crippen MR) is 115 cm³/mol. The van der Waals surface area contributed by atoms with Crippen LogP contribution in [0.1, 0.15) is 15.9 Å². The first-order valence-electron chi connectivity index (χ1n) is 9.47. The number of hydrogen-bond donors (Lipinski definition) is 0. The number of ether oxygens (including phenoxy) is 4. The summed E-state index contributed by atoms with van der Waals surface area (Å²) in [5.74, 6) is -0.525. The third-order valence-electron chi connectivity index (χ3n) is 4.28. The molecule has 0 amide bonds. The standard InChI is InChI=1S/C24H20FNO6/c1-29-17-7-8-19(23(13-17)30-2)21(27)15-31-24(28)10-6-16-5-9-22(20(25)12-16)32-18-4-3-11-26-14-18/h3-14H,15H2,1-2H3/b10-6+. The summed E-state index contributed by atoms with van der Waals surface area (Å²) in [6.45, 7) is -0.474. The Bertz CT molecular complexity index is 1130. The van der Waals surface area contributed by atoms with E-state index in [-0.39, 0.29) is 11.3 Å². The fourth-order valence-corrected chi connectivity index (χ4v) is 2.69. The molecule has 8 heteroatoms. The van der Waals surface area contributed by atoms with Gasteiger partial charge >= 0.3 is 5.97 Å². The molecule has 0 unspecified atom stereocenters. The number of Topliss-reactive ketones (excluding diaryl/α,β-unsaturated/α-hetero) is 1. The molecule has 1 aromatic heterocycles. The lowest BCUT2D eigenvalue weighted by Gasteiger charge is -2.09. The Hall–Kier alpha value is -4.20. The molecule has 0 bridgehead atoms. The van der Waals surface area contributed by atoms with Crippen LogP contribution in [0.4, 0.5) is 4.39 Å². The van der Waals surface area contributed by atoms with Crippen molar-refractivity contribution in [3.8, 4) is 23.0 Å². The topological polar surface area (TPSA) is 84.0 Å². The molecular formula is C24H20FNO6. The van der Waals surface area contributed by atoms with Gasteiger partial charge in [-0.05, 0) is 48.0 Å². The van der Waals surface area contributed by atoms with Gasteiger partial charge in [-0.2, -0.15) is 0 Å². The van der Waals surface area contributed by atoms with Crippen molar-refractivity contribution in [1.82, 2.24) is 4.98 Å². The average molecular weight is 437 g/mol. The molecular weight excluding hydrogens is 417 g/mol. The summed E-state index contributed by atoms with van der Waals surface area (Å²) in [7, 11) is 2.92. The Labute approximate surface area is 184 Å². The van der Waals surface area contributed by atoms with Gasteiger partial charge in [0, 0.05) is 18.3 Å². The van der Waals surface area contributed by atoms with E-state index < -0.39 is 24.2 Å². The van der Waals surface area contributed by atoms with Crippen molar-refractivity contribution in [3.05, 3.63) is 83.9 Å². The maximum absolute atomic E-state index is 14.3. The zero-order valence-electron chi connectivity index (χ0n) is 17.4. The molecule has 0 aliphatic carbocycles. The third kappa shape index (κ3) is 5.91. The fourth-order valence-electron chi connectivity index (χ4n) is 2.69. The van der Waals surface area contributed by atoms with E-state index in [1.165, 1.54) is 44.7 Å². The average Bonchev–Trinajstić information content (AvgIpc) is 2.82. The molecule has 0 aliphatic rings. The quantitative estimate of drug-likeness (QED) is 0.277. The van der Waals surface area contributed by atoms with Crippen molar-refractivity contribution in [2.24, 2.45) is 0 Å². The van der Waals surface area contributed by atoms with Gasteiger partial charge in [0.15, 0.2) is 18.2 Å². The Morgan fingerprint density at radius 3 is 2.53 bits per heavy atom. The number of benzene rings is 2. The van der Waals surface area contributed by atoms with E-state index in [4.69, 9.17) is 18.9 Å². The molecule has 0 fully saturated rings. The summed E-state index contributed by atoms with van der Waals surface area (Å²) in [5, 5.41) is 0. The number of halogens is 1. The normalized spacial score (nSPS) is 10.6. The number of methoxy groups -OCH3 is 2. The maximum Gasteiger partial charge on any atom is 0.331 e. The number of hydrogen-bond acceptors (Lipinski definition) is 7. The molecule has 164 valence electrons. The van der Waals surface area contributed by atoms with E-state index in [1.807, 2.05) is 0 Å². The number of aromatic nitrogens is 1. The summed E-state index contributed by atoms with van der Waals surface area (Å²) in [6, 6.07) is 12.2. The summed E-state index contributed by atoms with van der Waals surface area (Å²) in [6.07, 6.45) is 5.52. The van der Waals surface area contributed by atoms with Crippen molar-refractivity contribution in [2.75, 3.05) is 20.8 Å².